The number of nitrogens with zero attached hydrogens (tertiary/aromatic N) is 2. The number of rotatable bonds is 6. The molecule has 154 valence electrons. The highest BCUT2D eigenvalue weighted by molar-refractivity contribution is 6.04. The zero-order valence-electron chi connectivity index (χ0n) is 16.0. The smallest absolute Gasteiger partial charge is 0.422 e. The summed E-state index contributed by atoms with van der Waals surface area (Å²) in [4.78, 5) is 20.6. The standard InChI is InChI=1S/C21H22F3N3O2/c1-25-11-14-6-8-17(9-7-14)27-19(28)16-10-18(15-4-2-3-5-15)20(26-12-16)29-13-21(22,23)24/h6-12,15H,2-5,13H2,1H3,(H,27,28). The minimum Gasteiger partial charge on any atom is -0.468 e. The molecular weight excluding hydrogens is 383 g/mol. The van der Waals surface area contributed by atoms with Crippen LogP contribution in [0.1, 0.15) is 53.1 Å². The first-order chi connectivity index (χ1) is 13.9. The maximum Gasteiger partial charge on any atom is 0.422 e. The lowest BCUT2D eigenvalue weighted by Crippen LogP contribution is -2.21. The third-order valence-electron chi connectivity index (χ3n) is 4.76. The first-order valence-electron chi connectivity index (χ1n) is 9.39. The number of nitrogens with one attached hydrogen (secondary N) is 1. The molecule has 1 N–H and O–H groups in total. The van der Waals surface area contributed by atoms with Crippen LogP contribution in [0.2, 0.25) is 0 Å². The number of benzene rings is 1. The van der Waals surface area contributed by atoms with E-state index in [1.165, 1.54) is 6.20 Å². The third-order valence-corrected chi connectivity index (χ3v) is 4.76. The number of carbonyl (C=O) groups excluding carboxylic acids is 1. The molecule has 5 nitrogen and oxygen atoms in total. The fourth-order valence-electron chi connectivity index (χ4n) is 3.40. The molecule has 1 fully saturated rings. The number of amides is 1. The first-order valence-corrected chi connectivity index (χ1v) is 9.39. The molecule has 0 spiro atoms. The molecule has 3 rings (SSSR count). The number of hydrogen-bond acceptors (Lipinski definition) is 4. The Hall–Kier alpha value is -2.90. The van der Waals surface area contributed by atoms with E-state index in [4.69, 9.17) is 4.74 Å². The van der Waals surface area contributed by atoms with Gasteiger partial charge in [0.2, 0.25) is 5.88 Å². The number of ether oxygens (including phenoxy) is 1. The van der Waals surface area contributed by atoms with Crippen LogP contribution in [0.5, 0.6) is 5.88 Å². The molecule has 1 saturated carbocycles. The van der Waals surface area contributed by atoms with Gasteiger partial charge < -0.3 is 10.1 Å². The molecule has 8 heteroatoms. The second-order valence-electron chi connectivity index (χ2n) is 6.97. The molecule has 1 aromatic carbocycles. The molecule has 1 amide bonds. The minimum absolute atomic E-state index is 0.0472. The monoisotopic (exact) mass is 405 g/mol. The van der Waals surface area contributed by atoms with Crippen molar-refractivity contribution in [1.82, 2.24) is 4.98 Å². The van der Waals surface area contributed by atoms with E-state index in [0.717, 1.165) is 31.2 Å². The van der Waals surface area contributed by atoms with Crippen LogP contribution in [0.15, 0.2) is 41.5 Å². The van der Waals surface area contributed by atoms with Crippen molar-refractivity contribution in [3.63, 3.8) is 0 Å². The number of hydrogen-bond donors (Lipinski definition) is 1. The van der Waals surface area contributed by atoms with Crippen molar-refractivity contribution < 1.29 is 22.7 Å². The number of pyridine rings is 1. The molecule has 0 saturated heterocycles. The normalized spacial score (nSPS) is 15.0. The SMILES string of the molecule is CN=Cc1ccc(NC(=O)c2cnc(OCC(F)(F)F)c(C3CCCC3)c2)cc1. The van der Waals surface area contributed by atoms with Gasteiger partial charge in [-0.25, -0.2) is 4.98 Å². The van der Waals surface area contributed by atoms with Gasteiger partial charge in [0.25, 0.3) is 5.91 Å². The molecule has 1 heterocycles. The van der Waals surface area contributed by atoms with Crippen LogP contribution < -0.4 is 10.1 Å². The summed E-state index contributed by atoms with van der Waals surface area (Å²) in [6.45, 7) is -1.40. The number of anilines is 1. The highest BCUT2D eigenvalue weighted by atomic mass is 19.4. The summed E-state index contributed by atoms with van der Waals surface area (Å²) < 4.78 is 42.6. The van der Waals surface area contributed by atoms with Crippen LogP contribution in [0.3, 0.4) is 0 Å². The average Bonchev–Trinajstić information content (AvgIpc) is 3.22. The van der Waals surface area contributed by atoms with E-state index >= 15 is 0 Å². The van der Waals surface area contributed by atoms with E-state index in [9.17, 15) is 18.0 Å². The largest absolute Gasteiger partial charge is 0.468 e. The summed E-state index contributed by atoms with van der Waals surface area (Å²) in [5.41, 5.74) is 2.35. The predicted octanol–water partition coefficient (Wildman–Crippen LogP) is 4.98. The summed E-state index contributed by atoms with van der Waals surface area (Å²) >= 11 is 0. The van der Waals surface area contributed by atoms with E-state index in [1.807, 2.05) is 12.1 Å². The Bertz CT molecular complexity index is 874. The first kappa shape index (κ1) is 20.8. The fourth-order valence-corrected chi connectivity index (χ4v) is 3.40. The molecule has 0 aliphatic heterocycles. The molecule has 0 atom stereocenters. The van der Waals surface area contributed by atoms with Crippen LogP contribution in [0.4, 0.5) is 18.9 Å². The molecule has 0 unspecified atom stereocenters. The van der Waals surface area contributed by atoms with Gasteiger partial charge in [0.05, 0.1) is 5.56 Å². The summed E-state index contributed by atoms with van der Waals surface area (Å²) in [7, 11) is 1.67. The van der Waals surface area contributed by atoms with Crippen molar-refractivity contribution in [1.29, 1.82) is 0 Å². The number of aromatic nitrogens is 1. The van der Waals surface area contributed by atoms with Gasteiger partial charge in [-0.2, -0.15) is 13.2 Å². The maximum atomic E-state index is 12.6. The predicted molar refractivity (Wildman–Crippen MR) is 105 cm³/mol. The van der Waals surface area contributed by atoms with Crippen LogP contribution in [-0.2, 0) is 0 Å². The second-order valence-corrected chi connectivity index (χ2v) is 6.97. The van der Waals surface area contributed by atoms with Gasteiger partial charge in [0.1, 0.15) is 0 Å². The van der Waals surface area contributed by atoms with Crippen molar-refractivity contribution in [2.75, 3.05) is 19.0 Å². The minimum atomic E-state index is -4.45. The van der Waals surface area contributed by atoms with Gasteiger partial charge in [-0.15, -0.1) is 0 Å². The lowest BCUT2D eigenvalue weighted by molar-refractivity contribution is -0.154. The summed E-state index contributed by atoms with van der Waals surface area (Å²) in [5.74, 6) is -0.379. The van der Waals surface area contributed by atoms with Crippen LogP contribution in [-0.4, -0.2) is 36.9 Å². The van der Waals surface area contributed by atoms with E-state index in [0.29, 0.717) is 11.3 Å². The third kappa shape index (κ3) is 5.79. The van der Waals surface area contributed by atoms with Gasteiger partial charge in [-0.05, 0) is 42.5 Å². The Kier molecular flexibility index (Phi) is 6.51. The number of halogens is 3. The zero-order chi connectivity index (χ0) is 20.9. The van der Waals surface area contributed by atoms with Gasteiger partial charge >= 0.3 is 6.18 Å². The summed E-state index contributed by atoms with van der Waals surface area (Å²) in [5, 5.41) is 2.78. The van der Waals surface area contributed by atoms with E-state index in [2.05, 4.69) is 15.3 Å². The Labute approximate surface area is 167 Å². The Morgan fingerprint density at radius 2 is 1.97 bits per heavy atom. The zero-order valence-corrected chi connectivity index (χ0v) is 16.0. The molecule has 2 aromatic rings. The second kappa shape index (κ2) is 9.07. The fraction of sp³-hybridized carbons (Fsp3) is 0.381. The topological polar surface area (TPSA) is 63.6 Å². The highest BCUT2D eigenvalue weighted by Crippen LogP contribution is 2.38. The lowest BCUT2D eigenvalue weighted by atomic mass is 9.97. The van der Waals surface area contributed by atoms with Crippen molar-refractivity contribution in [3.05, 3.63) is 53.2 Å². The molecule has 1 aromatic heterocycles. The maximum absolute atomic E-state index is 12.6. The summed E-state index contributed by atoms with van der Waals surface area (Å²) in [6.07, 6.45) is 2.17. The number of carbonyl (C=O) groups is 1. The van der Waals surface area contributed by atoms with Crippen molar-refractivity contribution >= 4 is 17.8 Å². The molecule has 0 radical (unpaired) electrons. The van der Waals surface area contributed by atoms with Gasteiger partial charge in [0.15, 0.2) is 6.61 Å². The Morgan fingerprint density at radius 1 is 1.28 bits per heavy atom. The summed E-state index contributed by atoms with van der Waals surface area (Å²) in [6, 6.07) is 8.74. The molecular formula is C21H22F3N3O2. The number of aliphatic imine (C=N–C) groups is 1. The average molecular weight is 405 g/mol. The lowest BCUT2D eigenvalue weighted by Gasteiger charge is -2.17. The van der Waals surface area contributed by atoms with Crippen molar-refractivity contribution in [2.24, 2.45) is 4.99 Å². The van der Waals surface area contributed by atoms with Gasteiger partial charge in [-0.1, -0.05) is 25.0 Å². The van der Waals surface area contributed by atoms with Crippen LogP contribution in [0, 0.1) is 0 Å². The Morgan fingerprint density at radius 3 is 2.59 bits per heavy atom. The van der Waals surface area contributed by atoms with E-state index in [-0.39, 0.29) is 23.3 Å². The molecule has 1 aliphatic carbocycles. The van der Waals surface area contributed by atoms with Gasteiger partial charge in [0, 0.05) is 30.7 Å². The van der Waals surface area contributed by atoms with Crippen molar-refractivity contribution in [3.8, 4) is 5.88 Å². The van der Waals surface area contributed by atoms with E-state index < -0.39 is 12.8 Å². The van der Waals surface area contributed by atoms with E-state index in [1.54, 1.807) is 31.5 Å². The van der Waals surface area contributed by atoms with Crippen LogP contribution in [0.25, 0.3) is 0 Å². The van der Waals surface area contributed by atoms with Crippen molar-refractivity contribution in [2.45, 2.75) is 37.8 Å². The highest BCUT2D eigenvalue weighted by Gasteiger charge is 2.30. The van der Waals surface area contributed by atoms with Crippen LogP contribution >= 0.6 is 0 Å². The molecule has 29 heavy (non-hydrogen) atoms. The molecule has 0 bridgehead atoms. The Balaban J connectivity index is 1.79. The number of alkyl halides is 3. The quantitative estimate of drug-likeness (QED) is 0.690. The molecule has 1 aliphatic rings. The van der Waals surface area contributed by atoms with Gasteiger partial charge in [-0.3, -0.25) is 9.79 Å².